The molecule has 0 spiro atoms. The molecule has 7 nitrogen and oxygen atoms in total. The normalized spacial score (nSPS) is 11.8. The van der Waals surface area contributed by atoms with E-state index >= 15 is 0 Å². The third kappa shape index (κ3) is 7.13. The van der Waals surface area contributed by atoms with Crippen LogP contribution in [-0.4, -0.2) is 52.7 Å². The first kappa shape index (κ1) is 24.7. The first-order chi connectivity index (χ1) is 11.6. The van der Waals surface area contributed by atoms with Gasteiger partial charge >= 0.3 is 0 Å². The molecule has 1 heterocycles. The van der Waals surface area contributed by atoms with Crippen molar-refractivity contribution in [3.8, 4) is 0 Å². The lowest BCUT2D eigenvalue weighted by Gasteiger charge is -2.25. The molecular weight excluding hydrogens is 443 g/mol. The van der Waals surface area contributed by atoms with Gasteiger partial charge in [-0.05, 0) is 33.6 Å². The number of carbonyl (C=O) groups is 1. The Hall–Kier alpha value is -1.32. The summed E-state index contributed by atoms with van der Waals surface area (Å²) in [6, 6.07) is 0. The number of aliphatic imine (C=N–C) groups is 1. The van der Waals surface area contributed by atoms with Gasteiger partial charge in [0.15, 0.2) is 5.96 Å². The first-order valence-electron chi connectivity index (χ1n) is 8.89. The third-order valence-electron chi connectivity index (χ3n) is 3.92. The number of halogens is 1. The van der Waals surface area contributed by atoms with Gasteiger partial charge in [0.1, 0.15) is 0 Å². The number of carbonyl (C=O) groups excluding carboxylic acids is 1. The van der Waals surface area contributed by atoms with Crippen molar-refractivity contribution in [1.82, 2.24) is 25.3 Å². The number of amides is 1. The van der Waals surface area contributed by atoms with E-state index in [1.54, 1.807) is 7.05 Å². The maximum atomic E-state index is 12.1. The van der Waals surface area contributed by atoms with E-state index in [4.69, 9.17) is 0 Å². The van der Waals surface area contributed by atoms with E-state index in [0.29, 0.717) is 12.5 Å². The molecule has 0 aliphatic carbocycles. The second-order valence-corrected chi connectivity index (χ2v) is 7.26. The van der Waals surface area contributed by atoms with Crippen LogP contribution in [0.25, 0.3) is 0 Å². The topological polar surface area (TPSA) is 74.5 Å². The van der Waals surface area contributed by atoms with E-state index in [1.807, 2.05) is 44.4 Å². The zero-order chi connectivity index (χ0) is 19.2. The van der Waals surface area contributed by atoms with Gasteiger partial charge in [-0.3, -0.25) is 14.5 Å². The number of nitrogens with zero attached hydrogens (tertiary/aromatic N) is 4. The molecule has 0 aliphatic rings. The van der Waals surface area contributed by atoms with Crippen LogP contribution in [0.2, 0.25) is 0 Å². The Morgan fingerprint density at radius 2 is 1.88 bits per heavy atom. The van der Waals surface area contributed by atoms with E-state index in [0.717, 1.165) is 18.5 Å². The third-order valence-corrected chi connectivity index (χ3v) is 3.92. The molecule has 0 aromatic carbocycles. The number of nitrogens with one attached hydrogen (secondary N) is 2. The average molecular weight is 478 g/mol. The fourth-order valence-electron chi connectivity index (χ4n) is 2.89. The Morgan fingerprint density at radius 1 is 1.27 bits per heavy atom. The predicted molar refractivity (Wildman–Crippen MR) is 118 cm³/mol. The first-order valence-corrected chi connectivity index (χ1v) is 8.89. The van der Waals surface area contributed by atoms with E-state index in [2.05, 4.69) is 34.6 Å². The predicted octanol–water partition coefficient (Wildman–Crippen LogP) is 2.08. The van der Waals surface area contributed by atoms with Crippen LogP contribution in [0.5, 0.6) is 0 Å². The van der Waals surface area contributed by atoms with E-state index in [9.17, 15) is 4.79 Å². The smallest absolute Gasteiger partial charge is 0.240 e. The van der Waals surface area contributed by atoms with Crippen molar-refractivity contribution in [2.24, 2.45) is 12.0 Å². The number of aryl methyl sites for hydroxylation is 2. The molecule has 0 fully saturated rings. The van der Waals surface area contributed by atoms with Crippen molar-refractivity contribution in [3.63, 3.8) is 0 Å². The van der Waals surface area contributed by atoms with Gasteiger partial charge in [0.25, 0.3) is 0 Å². The number of aromatic nitrogens is 2. The van der Waals surface area contributed by atoms with Crippen LogP contribution < -0.4 is 10.6 Å². The number of likely N-dealkylation sites (N-methyl/N-ethyl adjacent to an activating group) is 1. The van der Waals surface area contributed by atoms with Crippen molar-refractivity contribution in [3.05, 3.63) is 17.0 Å². The van der Waals surface area contributed by atoms with Crippen LogP contribution in [0.15, 0.2) is 4.99 Å². The van der Waals surface area contributed by atoms with Gasteiger partial charge in [-0.1, -0.05) is 13.8 Å². The van der Waals surface area contributed by atoms with Gasteiger partial charge in [-0.25, -0.2) is 0 Å². The van der Waals surface area contributed by atoms with Crippen LogP contribution in [-0.2, 0) is 31.2 Å². The van der Waals surface area contributed by atoms with Crippen molar-refractivity contribution >= 4 is 35.8 Å². The summed E-state index contributed by atoms with van der Waals surface area (Å²) < 4.78 is 1.96. The molecule has 8 heteroatoms. The lowest BCUT2D eigenvalue weighted by atomic mass is 10.1. The molecule has 0 saturated heterocycles. The zero-order valence-corrected chi connectivity index (χ0v) is 19.8. The number of hydrogen-bond donors (Lipinski definition) is 2. The van der Waals surface area contributed by atoms with Crippen LogP contribution in [0.4, 0.5) is 0 Å². The summed E-state index contributed by atoms with van der Waals surface area (Å²) in [6.45, 7) is 11.1. The summed E-state index contributed by atoms with van der Waals surface area (Å²) in [5, 5.41) is 10.9. The van der Waals surface area contributed by atoms with Crippen LogP contribution >= 0.6 is 24.0 Å². The molecule has 1 aromatic heterocycles. The van der Waals surface area contributed by atoms with Crippen LogP contribution in [0.1, 0.15) is 51.6 Å². The lowest BCUT2D eigenvalue weighted by Crippen LogP contribution is -2.48. The molecule has 26 heavy (non-hydrogen) atoms. The molecule has 0 atom stereocenters. The highest BCUT2D eigenvalue weighted by Crippen LogP contribution is 2.15. The van der Waals surface area contributed by atoms with Gasteiger partial charge in [-0.15, -0.1) is 24.0 Å². The number of hydrogen-bond acceptors (Lipinski definition) is 3. The summed E-state index contributed by atoms with van der Waals surface area (Å²) in [4.78, 5) is 18.2. The minimum absolute atomic E-state index is 0. The molecule has 0 saturated carbocycles. The van der Waals surface area contributed by atoms with Crippen molar-refractivity contribution in [2.45, 2.75) is 59.5 Å². The summed E-state index contributed by atoms with van der Waals surface area (Å²) in [5.41, 5.74) is 3.32. The van der Waals surface area contributed by atoms with Gasteiger partial charge in [-0.2, -0.15) is 5.10 Å². The summed E-state index contributed by atoms with van der Waals surface area (Å²) in [5.74, 6) is 0.667. The summed E-state index contributed by atoms with van der Waals surface area (Å²) in [7, 11) is 5.58. The maximum Gasteiger partial charge on any atom is 0.240 e. The van der Waals surface area contributed by atoms with Crippen LogP contribution in [0, 0.1) is 0 Å². The van der Waals surface area contributed by atoms with Crippen LogP contribution in [0.3, 0.4) is 0 Å². The highest BCUT2D eigenvalue weighted by Gasteiger charge is 2.18. The van der Waals surface area contributed by atoms with Gasteiger partial charge in [0, 0.05) is 44.5 Å². The number of rotatable bonds is 6. The summed E-state index contributed by atoms with van der Waals surface area (Å²) in [6.07, 6.45) is 1.83. The van der Waals surface area contributed by atoms with E-state index < -0.39 is 0 Å². The molecule has 0 aliphatic heterocycles. The fourth-order valence-corrected chi connectivity index (χ4v) is 2.89. The molecule has 0 unspecified atom stereocenters. The van der Waals surface area contributed by atoms with E-state index in [1.165, 1.54) is 11.3 Å². The second-order valence-electron chi connectivity index (χ2n) is 7.26. The maximum absolute atomic E-state index is 12.1. The molecule has 0 bridgehead atoms. The van der Waals surface area contributed by atoms with Gasteiger partial charge in [0.2, 0.25) is 5.91 Å². The molecule has 2 N–H and O–H groups in total. The summed E-state index contributed by atoms with van der Waals surface area (Å²) >= 11 is 0. The van der Waals surface area contributed by atoms with Crippen molar-refractivity contribution < 1.29 is 4.79 Å². The molecule has 1 amide bonds. The zero-order valence-electron chi connectivity index (χ0n) is 17.4. The monoisotopic (exact) mass is 478 g/mol. The highest BCUT2D eigenvalue weighted by molar-refractivity contribution is 14.0. The van der Waals surface area contributed by atoms with E-state index in [-0.39, 0.29) is 42.0 Å². The average Bonchev–Trinajstić information content (AvgIpc) is 2.80. The molecule has 0 radical (unpaired) electrons. The van der Waals surface area contributed by atoms with Crippen molar-refractivity contribution in [2.75, 3.05) is 20.6 Å². The largest absolute Gasteiger partial charge is 0.352 e. The van der Waals surface area contributed by atoms with Crippen molar-refractivity contribution in [1.29, 1.82) is 0 Å². The van der Waals surface area contributed by atoms with Gasteiger partial charge < -0.3 is 15.5 Å². The lowest BCUT2D eigenvalue weighted by molar-refractivity contribution is -0.122. The Bertz CT molecular complexity index is 618. The number of guanidine groups is 1. The Kier molecular flexibility index (Phi) is 10.2. The quantitative estimate of drug-likeness (QED) is 0.373. The fraction of sp³-hybridized carbons (Fsp3) is 0.722. The Balaban J connectivity index is 0.00000625. The minimum atomic E-state index is -0.239. The SMILES string of the molecule is CCc1nn(C)c(CC)c1CNC(=NC)N(C)CC(=O)NC(C)(C)C.I. The van der Waals surface area contributed by atoms with Gasteiger partial charge in [0.05, 0.1) is 12.2 Å². The highest BCUT2D eigenvalue weighted by atomic mass is 127. The Morgan fingerprint density at radius 3 is 2.35 bits per heavy atom. The second kappa shape index (κ2) is 10.7. The molecule has 1 rings (SSSR count). The minimum Gasteiger partial charge on any atom is -0.352 e. The molecular formula is C18H35IN6O. The Labute approximate surface area is 175 Å². The standard InChI is InChI=1S/C18H34N6O.HI/c1-9-14-13(15(10-2)24(8)22-14)11-20-17(19-6)23(7)12-16(25)21-18(3,4)5;/h9-12H2,1-8H3,(H,19,20)(H,21,25);1H. The molecule has 150 valence electrons. The molecule has 1 aromatic rings.